The van der Waals surface area contributed by atoms with Crippen LogP contribution >= 0.6 is 0 Å². The lowest BCUT2D eigenvalue weighted by Gasteiger charge is -2.26. The van der Waals surface area contributed by atoms with E-state index < -0.39 is 0 Å². The summed E-state index contributed by atoms with van der Waals surface area (Å²) in [6.45, 7) is 6.48. The largest absolute Gasteiger partial charge is 0.341 e. The summed E-state index contributed by atoms with van der Waals surface area (Å²) in [4.78, 5) is 13.2. The number of hydrogen-bond acceptors (Lipinski definition) is 3. The van der Waals surface area contributed by atoms with E-state index >= 15 is 0 Å². The molecule has 1 unspecified atom stereocenters. The Morgan fingerprint density at radius 3 is 2.62 bits per heavy atom. The van der Waals surface area contributed by atoms with Crippen LogP contribution in [0.1, 0.15) is 18.9 Å². The highest BCUT2D eigenvalue weighted by Gasteiger charge is 2.22. The molecule has 0 radical (unpaired) electrons. The van der Waals surface area contributed by atoms with Crippen molar-refractivity contribution >= 4 is 17.0 Å². The van der Waals surface area contributed by atoms with E-state index in [1.807, 2.05) is 6.07 Å². The molecule has 0 aliphatic carbocycles. The summed E-state index contributed by atoms with van der Waals surface area (Å²) in [6.07, 6.45) is 1.16. The minimum Gasteiger partial charge on any atom is -0.341 e. The van der Waals surface area contributed by atoms with Gasteiger partial charge in [0.15, 0.2) is 0 Å². The topological polar surface area (TPSA) is 35.2 Å². The molecule has 4 heteroatoms. The Morgan fingerprint density at radius 1 is 1.00 bits per heavy atom. The quantitative estimate of drug-likeness (QED) is 0.800. The molecule has 0 bridgehead atoms. The minimum absolute atomic E-state index is 0.583. The van der Waals surface area contributed by atoms with Gasteiger partial charge in [-0.2, -0.15) is 0 Å². The number of nitrogens with zero attached hydrogens (tertiary/aromatic N) is 3. The standard InChI is InChI=1S/C20H24N4/c1-16-11-12-23(20-21-18-9-5-6-10-19(18)22-20)13-14-24(16)15-17-7-3-2-4-8-17/h2-10,16H,11-15H2,1H3,(H,21,22). The lowest BCUT2D eigenvalue weighted by molar-refractivity contribution is 0.212. The van der Waals surface area contributed by atoms with Gasteiger partial charge < -0.3 is 9.88 Å². The van der Waals surface area contributed by atoms with Crippen molar-refractivity contribution in [2.45, 2.75) is 25.9 Å². The third-order valence-electron chi connectivity index (χ3n) is 5.00. The van der Waals surface area contributed by atoms with Crippen molar-refractivity contribution in [2.24, 2.45) is 0 Å². The van der Waals surface area contributed by atoms with E-state index in [-0.39, 0.29) is 0 Å². The molecule has 4 rings (SSSR count). The van der Waals surface area contributed by atoms with Crippen LogP contribution in [0.5, 0.6) is 0 Å². The lowest BCUT2D eigenvalue weighted by Crippen LogP contribution is -2.34. The predicted molar refractivity (Wildman–Crippen MR) is 99.2 cm³/mol. The first-order chi connectivity index (χ1) is 11.8. The molecule has 1 aromatic heterocycles. The van der Waals surface area contributed by atoms with Gasteiger partial charge in [-0.05, 0) is 31.0 Å². The van der Waals surface area contributed by atoms with E-state index in [0.717, 1.165) is 49.6 Å². The van der Waals surface area contributed by atoms with Gasteiger partial charge >= 0.3 is 0 Å². The number of aromatic amines is 1. The highest BCUT2D eigenvalue weighted by atomic mass is 15.3. The van der Waals surface area contributed by atoms with Gasteiger partial charge in [-0.3, -0.25) is 4.90 Å². The first kappa shape index (κ1) is 15.2. The number of hydrogen-bond donors (Lipinski definition) is 1. The fourth-order valence-electron chi connectivity index (χ4n) is 3.46. The van der Waals surface area contributed by atoms with E-state index in [4.69, 9.17) is 4.98 Å². The summed E-state index contributed by atoms with van der Waals surface area (Å²) in [5.74, 6) is 1.00. The van der Waals surface area contributed by atoms with Crippen molar-refractivity contribution in [1.82, 2.24) is 14.9 Å². The van der Waals surface area contributed by atoms with Crippen LogP contribution in [0.4, 0.5) is 5.95 Å². The van der Waals surface area contributed by atoms with Crippen LogP contribution in [0.25, 0.3) is 11.0 Å². The molecule has 0 amide bonds. The summed E-state index contributed by atoms with van der Waals surface area (Å²) in [5.41, 5.74) is 3.55. The number of rotatable bonds is 3. The van der Waals surface area contributed by atoms with Gasteiger partial charge in [-0.1, -0.05) is 42.5 Å². The zero-order valence-corrected chi connectivity index (χ0v) is 14.2. The van der Waals surface area contributed by atoms with Gasteiger partial charge in [-0.25, -0.2) is 4.98 Å². The summed E-state index contributed by atoms with van der Waals surface area (Å²) in [6, 6.07) is 19.6. The highest BCUT2D eigenvalue weighted by molar-refractivity contribution is 5.77. The maximum absolute atomic E-state index is 4.76. The SMILES string of the molecule is CC1CCN(c2nc3ccccc3[nH]2)CCN1Cc1ccccc1. The number of aromatic nitrogens is 2. The van der Waals surface area contributed by atoms with Crippen molar-refractivity contribution in [3.05, 3.63) is 60.2 Å². The van der Waals surface area contributed by atoms with Crippen LogP contribution < -0.4 is 4.90 Å². The molecule has 2 aromatic carbocycles. The molecule has 24 heavy (non-hydrogen) atoms. The Balaban J connectivity index is 1.48. The summed E-state index contributed by atoms with van der Waals surface area (Å²) >= 11 is 0. The van der Waals surface area contributed by atoms with Crippen LogP contribution in [0.2, 0.25) is 0 Å². The molecule has 1 aliphatic rings. The molecule has 1 N–H and O–H groups in total. The third kappa shape index (κ3) is 3.15. The number of anilines is 1. The molecule has 0 spiro atoms. The molecule has 3 aromatic rings. The Labute approximate surface area is 143 Å². The second-order valence-corrected chi connectivity index (χ2v) is 6.66. The van der Waals surface area contributed by atoms with Crippen molar-refractivity contribution < 1.29 is 0 Å². The molecule has 1 fully saturated rings. The molecular formula is C20H24N4. The van der Waals surface area contributed by atoms with Crippen molar-refractivity contribution in [1.29, 1.82) is 0 Å². The molecule has 4 nitrogen and oxygen atoms in total. The van der Waals surface area contributed by atoms with Gasteiger partial charge in [0, 0.05) is 32.2 Å². The number of benzene rings is 2. The maximum atomic E-state index is 4.76. The molecule has 1 atom stereocenters. The minimum atomic E-state index is 0.583. The Morgan fingerprint density at radius 2 is 1.79 bits per heavy atom. The van der Waals surface area contributed by atoms with E-state index in [0.29, 0.717) is 6.04 Å². The molecule has 1 saturated heterocycles. The van der Waals surface area contributed by atoms with Crippen molar-refractivity contribution in [3.63, 3.8) is 0 Å². The van der Waals surface area contributed by atoms with Crippen LogP contribution in [0, 0.1) is 0 Å². The Kier molecular flexibility index (Phi) is 4.22. The number of H-pyrrole nitrogens is 1. The van der Waals surface area contributed by atoms with Crippen molar-refractivity contribution in [2.75, 3.05) is 24.5 Å². The first-order valence-corrected chi connectivity index (χ1v) is 8.77. The summed E-state index contributed by atoms with van der Waals surface area (Å²) in [7, 11) is 0. The Bertz CT molecular complexity index is 763. The molecule has 0 saturated carbocycles. The number of fused-ring (bicyclic) bond motifs is 1. The fraction of sp³-hybridized carbons (Fsp3) is 0.350. The summed E-state index contributed by atoms with van der Waals surface area (Å²) in [5, 5.41) is 0. The van der Waals surface area contributed by atoms with Gasteiger partial charge in [0.05, 0.1) is 11.0 Å². The average molecular weight is 320 g/mol. The molecule has 1 aliphatic heterocycles. The van der Waals surface area contributed by atoms with E-state index in [9.17, 15) is 0 Å². The van der Waals surface area contributed by atoms with Crippen molar-refractivity contribution in [3.8, 4) is 0 Å². The molecule has 2 heterocycles. The smallest absolute Gasteiger partial charge is 0.203 e. The second-order valence-electron chi connectivity index (χ2n) is 6.66. The molecular weight excluding hydrogens is 296 g/mol. The number of para-hydroxylation sites is 2. The lowest BCUT2D eigenvalue weighted by atomic mass is 10.1. The van der Waals surface area contributed by atoms with Gasteiger partial charge in [-0.15, -0.1) is 0 Å². The highest BCUT2D eigenvalue weighted by Crippen LogP contribution is 2.21. The van der Waals surface area contributed by atoms with E-state index in [2.05, 4.69) is 70.2 Å². The zero-order valence-electron chi connectivity index (χ0n) is 14.2. The average Bonchev–Trinajstić information content (AvgIpc) is 2.96. The summed E-state index contributed by atoms with van der Waals surface area (Å²) < 4.78 is 0. The Hall–Kier alpha value is -2.33. The van der Waals surface area contributed by atoms with Crippen LogP contribution in [-0.4, -0.2) is 40.5 Å². The monoisotopic (exact) mass is 320 g/mol. The van der Waals surface area contributed by atoms with Crippen LogP contribution in [-0.2, 0) is 6.54 Å². The van der Waals surface area contributed by atoms with Gasteiger partial charge in [0.1, 0.15) is 0 Å². The van der Waals surface area contributed by atoms with Gasteiger partial charge in [0.2, 0.25) is 5.95 Å². The van der Waals surface area contributed by atoms with Crippen LogP contribution in [0.15, 0.2) is 54.6 Å². The second kappa shape index (κ2) is 6.65. The van der Waals surface area contributed by atoms with Gasteiger partial charge in [0.25, 0.3) is 0 Å². The maximum Gasteiger partial charge on any atom is 0.203 e. The number of imidazole rings is 1. The first-order valence-electron chi connectivity index (χ1n) is 8.77. The van der Waals surface area contributed by atoms with E-state index in [1.54, 1.807) is 0 Å². The fourth-order valence-corrected chi connectivity index (χ4v) is 3.46. The normalized spacial score (nSPS) is 19.5. The van der Waals surface area contributed by atoms with Crippen LogP contribution in [0.3, 0.4) is 0 Å². The zero-order chi connectivity index (χ0) is 16.4. The van der Waals surface area contributed by atoms with E-state index in [1.165, 1.54) is 5.56 Å². The predicted octanol–water partition coefficient (Wildman–Crippen LogP) is 3.66. The number of nitrogens with one attached hydrogen (secondary N) is 1. The molecule has 124 valence electrons. The third-order valence-corrected chi connectivity index (χ3v) is 5.00.